The van der Waals surface area contributed by atoms with Gasteiger partial charge in [0.25, 0.3) is 0 Å². The van der Waals surface area contributed by atoms with Crippen LogP contribution in [0.3, 0.4) is 0 Å². The van der Waals surface area contributed by atoms with Gasteiger partial charge in [0, 0.05) is 18.4 Å². The third kappa shape index (κ3) is 6.08. The summed E-state index contributed by atoms with van der Waals surface area (Å²) in [6, 6.07) is 21.0. The van der Waals surface area contributed by atoms with Crippen LogP contribution in [-0.2, 0) is 4.79 Å². The first kappa shape index (κ1) is 22.4. The van der Waals surface area contributed by atoms with Crippen LogP contribution in [-0.4, -0.2) is 25.0 Å². The first-order valence-corrected chi connectivity index (χ1v) is 10.2. The Morgan fingerprint density at radius 2 is 1.46 bits per heavy atom. The SMILES string of the molecule is CC(CC(=O)NC(C)C(c1ccccc1)c1ccccc1)C1CCNCC1.Cl. The molecule has 1 amide bonds. The van der Waals surface area contributed by atoms with Crippen molar-refractivity contribution in [3.8, 4) is 0 Å². The molecule has 2 unspecified atom stereocenters. The molecule has 1 aliphatic heterocycles. The van der Waals surface area contributed by atoms with Gasteiger partial charge >= 0.3 is 0 Å². The van der Waals surface area contributed by atoms with Crippen LogP contribution in [0.1, 0.15) is 50.2 Å². The zero-order valence-corrected chi connectivity index (χ0v) is 17.8. The van der Waals surface area contributed by atoms with E-state index in [9.17, 15) is 4.79 Å². The zero-order valence-electron chi connectivity index (χ0n) is 16.9. The Hall–Kier alpha value is -1.84. The fraction of sp³-hybridized carbons (Fsp3) is 0.458. The maximum Gasteiger partial charge on any atom is 0.220 e. The lowest BCUT2D eigenvalue weighted by atomic mass is 9.83. The lowest BCUT2D eigenvalue weighted by Gasteiger charge is -2.30. The maximum atomic E-state index is 12.7. The second kappa shape index (κ2) is 11.2. The van der Waals surface area contributed by atoms with E-state index < -0.39 is 0 Å². The highest BCUT2D eigenvalue weighted by atomic mass is 35.5. The molecule has 2 atom stereocenters. The summed E-state index contributed by atoms with van der Waals surface area (Å²) >= 11 is 0. The van der Waals surface area contributed by atoms with Crippen molar-refractivity contribution in [3.63, 3.8) is 0 Å². The summed E-state index contributed by atoms with van der Waals surface area (Å²) in [6.45, 7) is 6.51. The van der Waals surface area contributed by atoms with Gasteiger partial charge in [-0.05, 0) is 55.8 Å². The molecule has 4 heteroatoms. The summed E-state index contributed by atoms with van der Waals surface area (Å²) in [5, 5.41) is 6.70. The number of rotatable bonds is 7. The Kier molecular flexibility index (Phi) is 9.01. The van der Waals surface area contributed by atoms with Crippen LogP contribution in [0.25, 0.3) is 0 Å². The summed E-state index contributed by atoms with van der Waals surface area (Å²) < 4.78 is 0. The van der Waals surface area contributed by atoms with E-state index in [4.69, 9.17) is 0 Å². The van der Waals surface area contributed by atoms with Gasteiger partial charge < -0.3 is 10.6 Å². The number of piperidine rings is 1. The van der Waals surface area contributed by atoms with Crippen molar-refractivity contribution >= 4 is 18.3 Å². The molecular weight excluding hydrogens is 368 g/mol. The van der Waals surface area contributed by atoms with Crippen LogP contribution in [0.15, 0.2) is 60.7 Å². The van der Waals surface area contributed by atoms with Gasteiger partial charge in [0.05, 0.1) is 0 Å². The Balaban J connectivity index is 0.00000280. The number of hydrogen-bond donors (Lipinski definition) is 2. The van der Waals surface area contributed by atoms with Crippen LogP contribution in [0, 0.1) is 11.8 Å². The van der Waals surface area contributed by atoms with Gasteiger partial charge in [-0.1, -0.05) is 67.6 Å². The van der Waals surface area contributed by atoms with Gasteiger partial charge in [0.2, 0.25) is 5.91 Å². The molecule has 0 aromatic heterocycles. The predicted octanol–water partition coefficient (Wildman–Crippen LogP) is 4.77. The van der Waals surface area contributed by atoms with Crippen molar-refractivity contribution in [2.24, 2.45) is 11.8 Å². The first-order valence-electron chi connectivity index (χ1n) is 10.2. The minimum absolute atomic E-state index is 0. The third-order valence-corrected chi connectivity index (χ3v) is 5.90. The van der Waals surface area contributed by atoms with E-state index in [-0.39, 0.29) is 30.3 Å². The maximum absolute atomic E-state index is 12.7. The molecule has 3 nitrogen and oxygen atoms in total. The van der Waals surface area contributed by atoms with E-state index >= 15 is 0 Å². The van der Waals surface area contributed by atoms with E-state index in [1.807, 2.05) is 12.1 Å². The molecular formula is C24H33ClN2O. The molecule has 1 heterocycles. The second-order valence-corrected chi connectivity index (χ2v) is 7.92. The molecule has 3 rings (SSSR count). The molecule has 1 aliphatic rings. The van der Waals surface area contributed by atoms with Crippen LogP contribution >= 0.6 is 12.4 Å². The van der Waals surface area contributed by atoms with Crippen LogP contribution in [0.2, 0.25) is 0 Å². The summed E-state index contributed by atoms with van der Waals surface area (Å²) in [6.07, 6.45) is 2.98. The smallest absolute Gasteiger partial charge is 0.220 e. The highest BCUT2D eigenvalue weighted by Gasteiger charge is 2.25. The number of halogens is 1. The largest absolute Gasteiger partial charge is 0.353 e. The Labute approximate surface area is 175 Å². The Bertz CT molecular complexity index is 662. The van der Waals surface area contributed by atoms with Crippen molar-refractivity contribution in [2.45, 2.75) is 45.1 Å². The molecule has 0 radical (unpaired) electrons. The lowest BCUT2D eigenvalue weighted by molar-refractivity contribution is -0.123. The summed E-state index contributed by atoms with van der Waals surface area (Å²) in [4.78, 5) is 12.7. The molecule has 0 aliphatic carbocycles. The minimum Gasteiger partial charge on any atom is -0.353 e. The average molecular weight is 401 g/mol. The number of amides is 1. The fourth-order valence-electron chi connectivity index (χ4n) is 4.36. The first-order chi connectivity index (χ1) is 13.1. The van der Waals surface area contributed by atoms with Crippen LogP contribution in [0.4, 0.5) is 0 Å². The Morgan fingerprint density at radius 3 is 1.96 bits per heavy atom. The molecule has 1 saturated heterocycles. The normalized spacial score (nSPS) is 16.8. The lowest BCUT2D eigenvalue weighted by Crippen LogP contribution is -2.39. The quantitative estimate of drug-likeness (QED) is 0.702. The van der Waals surface area contributed by atoms with E-state index in [2.05, 4.69) is 73.0 Å². The van der Waals surface area contributed by atoms with Gasteiger partial charge in [0.15, 0.2) is 0 Å². The standard InChI is InChI=1S/C24H32N2O.ClH/c1-18(20-13-15-25-16-14-20)17-23(27)26-19(2)24(21-9-5-3-6-10-21)22-11-7-4-8-12-22;/h3-12,18-20,24-25H,13-17H2,1-2H3,(H,26,27);1H. The number of hydrogen-bond acceptors (Lipinski definition) is 2. The summed E-state index contributed by atoms with van der Waals surface area (Å²) in [5.74, 6) is 1.42. The average Bonchev–Trinajstić information content (AvgIpc) is 2.70. The monoisotopic (exact) mass is 400 g/mol. The van der Waals surface area contributed by atoms with E-state index in [1.165, 1.54) is 24.0 Å². The number of carbonyl (C=O) groups excluding carboxylic acids is 1. The van der Waals surface area contributed by atoms with Crippen molar-refractivity contribution in [2.75, 3.05) is 13.1 Å². The van der Waals surface area contributed by atoms with Crippen molar-refractivity contribution in [1.29, 1.82) is 0 Å². The molecule has 2 aromatic rings. The summed E-state index contributed by atoms with van der Waals surface area (Å²) in [7, 11) is 0. The predicted molar refractivity (Wildman–Crippen MR) is 119 cm³/mol. The Morgan fingerprint density at radius 1 is 0.964 bits per heavy atom. The van der Waals surface area contributed by atoms with Crippen LogP contribution in [0.5, 0.6) is 0 Å². The van der Waals surface area contributed by atoms with Gasteiger partial charge in [-0.25, -0.2) is 0 Å². The summed E-state index contributed by atoms with van der Waals surface area (Å²) in [5.41, 5.74) is 2.48. The molecule has 1 fully saturated rings. The van der Waals surface area contributed by atoms with Gasteiger partial charge in [-0.3, -0.25) is 4.79 Å². The number of benzene rings is 2. The molecule has 0 saturated carbocycles. The minimum atomic E-state index is 0. The highest BCUT2D eigenvalue weighted by molar-refractivity contribution is 5.85. The van der Waals surface area contributed by atoms with Crippen molar-refractivity contribution in [3.05, 3.63) is 71.8 Å². The fourth-order valence-corrected chi connectivity index (χ4v) is 4.36. The van der Waals surface area contributed by atoms with E-state index in [0.29, 0.717) is 18.3 Å². The third-order valence-electron chi connectivity index (χ3n) is 5.90. The van der Waals surface area contributed by atoms with Crippen molar-refractivity contribution in [1.82, 2.24) is 10.6 Å². The molecule has 0 bridgehead atoms. The van der Waals surface area contributed by atoms with Gasteiger partial charge in [0.1, 0.15) is 0 Å². The molecule has 152 valence electrons. The van der Waals surface area contributed by atoms with Crippen molar-refractivity contribution < 1.29 is 4.79 Å². The molecule has 2 N–H and O–H groups in total. The highest BCUT2D eigenvalue weighted by Crippen LogP contribution is 2.29. The molecule has 28 heavy (non-hydrogen) atoms. The molecule has 0 spiro atoms. The number of nitrogens with one attached hydrogen (secondary N) is 2. The molecule has 2 aromatic carbocycles. The van der Waals surface area contributed by atoms with Gasteiger partial charge in [-0.15, -0.1) is 12.4 Å². The van der Waals surface area contributed by atoms with Gasteiger partial charge in [-0.2, -0.15) is 0 Å². The van der Waals surface area contributed by atoms with E-state index in [0.717, 1.165) is 13.1 Å². The second-order valence-electron chi connectivity index (χ2n) is 7.92. The van der Waals surface area contributed by atoms with Crippen LogP contribution < -0.4 is 10.6 Å². The zero-order chi connectivity index (χ0) is 19.1. The van der Waals surface area contributed by atoms with E-state index in [1.54, 1.807) is 0 Å². The topological polar surface area (TPSA) is 41.1 Å². The number of carbonyl (C=O) groups is 1.